The molecule has 1 aliphatic heterocycles. The average molecular weight is 492 g/mol. The van der Waals surface area contributed by atoms with Crippen molar-refractivity contribution in [3.05, 3.63) is 156 Å². The van der Waals surface area contributed by atoms with Crippen LogP contribution in [0.5, 0.6) is 0 Å². The number of benzene rings is 5. The Kier molecular flexibility index (Phi) is 5.57. The fourth-order valence-electron chi connectivity index (χ4n) is 5.84. The van der Waals surface area contributed by atoms with Gasteiger partial charge in [0.1, 0.15) is 6.17 Å². The van der Waals surface area contributed by atoms with Crippen molar-refractivity contribution in [3.63, 3.8) is 0 Å². The molecular formula is C35H29N3. The topological polar surface area (TPSA) is 20.2 Å². The van der Waals surface area contributed by atoms with Gasteiger partial charge in [0.25, 0.3) is 0 Å². The van der Waals surface area contributed by atoms with E-state index in [2.05, 4.69) is 161 Å². The van der Waals surface area contributed by atoms with E-state index in [1.54, 1.807) is 0 Å². The smallest absolute Gasteiger partial charge is 0.106 e. The number of hydrogen-bond donors (Lipinski definition) is 1. The normalized spacial score (nSPS) is 17.9. The summed E-state index contributed by atoms with van der Waals surface area (Å²) in [4.78, 5) is 2.41. The van der Waals surface area contributed by atoms with E-state index < -0.39 is 0 Å². The first-order chi connectivity index (χ1) is 18.8. The molecule has 1 N–H and O–H groups in total. The first-order valence-electron chi connectivity index (χ1n) is 13.2. The standard InChI is InChI=1S/C35H29N3/c1-37-34(26-14-6-3-7-15-26)24-31(25-12-4-2-5-13-25)36-35(37)27-20-22-28(23-21-27)38-32-18-10-8-16-29(32)30-17-9-11-19-33(30)38/h2-24,34-36H,1H3. The lowest BCUT2D eigenvalue weighted by Crippen LogP contribution is -2.41. The molecule has 0 bridgehead atoms. The molecule has 2 heterocycles. The van der Waals surface area contributed by atoms with Gasteiger partial charge in [0.2, 0.25) is 0 Å². The maximum absolute atomic E-state index is 3.83. The van der Waals surface area contributed by atoms with Gasteiger partial charge in [-0.05, 0) is 54.1 Å². The van der Waals surface area contributed by atoms with Crippen molar-refractivity contribution in [1.29, 1.82) is 0 Å². The number of likely N-dealkylation sites (N-methyl/N-ethyl adjacent to an activating group) is 1. The van der Waals surface area contributed by atoms with Crippen LogP contribution in [0, 0.1) is 0 Å². The lowest BCUT2D eigenvalue weighted by molar-refractivity contribution is 0.176. The third-order valence-electron chi connectivity index (χ3n) is 7.74. The van der Waals surface area contributed by atoms with E-state index in [4.69, 9.17) is 0 Å². The molecule has 1 aliphatic rings. The van der Waals surface area contributed by atoms with Crippen LogP contribution in [-0.2, 0) is 0 Å². The van der Waals surface area contributed by atoms with Gasteiger partial charge in [0.05, 0.1) is 17.1 Å². The van der Waals surface area contributed by atoms with Crippen LogP contribution in [0.4, 0.5) is 0 Å². The lowest BCUT2D eigenvalue weighted by Gasteiger charge is -2.40. The summed E-state index contributed by atoms with van der Waals surface area (Å²) in [6, 6.07) is 47.9. The molecule has 38 heavy (non-hydrogen) atoms. The first kappa shape index (κ1) is 22.6. The highest BCUT2D eigenvalue weighted by Crippen LogP contribution is 2.37. The quantitative estimate of drug-likeness (QED) is 0.269. The Labute approximate surface area is 223 Å². The zero-order valence-electron chi connectivity index (χ0n) is 21.3. The number of aromatic nitrogens is 1. The molecule has 5 aromatic carbocycles. The van der Waals surface area contributed by atoms with Crippen LogP contribution in [0.1, 0.15) is 28.9 Å². The lowest BCUT2D eigenvalue weighted by atomic mass is 9.97. The minimum atomic E-state index is 0.0348. The van der Waals surface area contributed by atoms with Gasteiger partial charge in [0.15, 0.2) is 0 Å². The summed E-state index contributed by atoms with van der Waals surface area (Å²) in [7, 11) is 2.20. The predicted octanol–water partition coefficient (Wildman–Crippen LogP) is 8.10. The monoisotopic (exact) mass is 491 g/mol. The fourth-order valence-corrected chi connectivity index (χ4v) is 5.84. The Hall–Kier alpha value is -4.60. The molecule has 184 valence electrons. The second kappa shape index (κ2) is 9.37. The Morgan fingerprint density at radius 3 is 1.74 bits per heavy atom. The van der Waals surface area contributed by atoms with Crippen LogP contribution in [0.2, 0.25) is 0 Å². The van der Waals surface area contributed by atoms with Gasteiger partial charge in [-0.1, -0.05) is 109 Å². The van der Waals surface area contributed by atoms with Gasteiger partial charge in [0, 0.05) is 22.2 Å². The van der Waals surface area contributed by atoms with Crippen LogP contribution < -0.4 is 5.32 Å². The van der Waals surface area contributed by atoms with Gasteiger partial charge in [-0.25, -0.2) is 0 Å². The van der Waals surface area contributed by atoms with Gasteiger partial charge in [-0.15, -0.1) is 0 Å². The van der Waals surface area contributed by atoms with Crippen molar-refractivity contribution >= 4 is 27.5 Å². The summed E-state index contributed by atoms with van der Waals surface area (Å²) in [6.07, 6.45) is 2.38. The number of nitrogens with zero attached hydrogens (tertiary/aromatic N) is 2. The number of hydrogen-bond acceptors (Lipinski definition) is 2. The molecule has 0 saturated carbocycles. The molecule has 3 heteroatoms. The Morgan fingerprint density at radius 2 is 1.11 bits per heavy atom. The van der Waals surface area contributed by atoms with Crippen molar-refractivity contribution in [1.82, 2.24) is 14.8 Å². The van der Waals surface area contributed by atoms with Crippen LogP contribution >= 0.6 is 0 Å². The second-order valence-corrected chi connectivity index (χ2v) is 9.98. The van der Waals surface area contributed by atoms with E-state index in [9.17, 15) is 0 Å². The fraction of sp³-hybridized carbons (Fsp3) is 0.0857. The first-order valence-corrected chi connectivity index (χ1v) is 13.2. The molecule has 0 aliphatic carbocycles. The SMILES string of the molecule is CN1C(c2ccccc2)C=C(c2ccccc2)NC1c1ccc(-n2c3ccccc3c3ccccc32)cc1. The summed E-state index contributed by atoms with van der Waals surface area (Å²) >= 11 is 0. The number of nitrogens with one attached hydrogen (secondary N) is 1. The Bertz CT molecular complexity index is 1700. The minimum absolute atomic E-state index is 0.0348. The van der Waals surface area contributed by atoms with E-state index in [1.165, 1.54) is 44.2 Å². The third-order valence-corrected chi connectivity index (χ3v) is 7.74. The molecule has 0 spiro atoms. The van der Waals surface area contributed by atoms with Gasteiger partial charge in [-0.3, -0.25) is 4.90 Å². The number of fused-ring (bicyclic) bond motifs is 3. The Morgan fingerprint density at radius 1 is 0.553 bits per heavy atom. The third kappa shape index (κ3) is 3.80. The molecule has 1 aromatic heterocycles. The van der Waals surface area contributed by atoms with E-state index >= 15 is 0 Å². The summed E-state index contributed by atoms with van der Waals surface area (Å²) in [5.74, 6) is 0. The summed E-state index contributed by atoms with van der Waals surface area (Å²) < 4.78 is 2.37. The minimum Gasteiger partial charge on any atom is -0.366 e. The molecule has 0 radical (unpaired) electrons. The van der Waals surface area contributed by atoms with E-state index in [-0.39, 0.29) is 12.2 Å². The molecule has 0 fully saturated rings. The van der Waals surface area contributed by atoms with Crippen LogP contribution in [0.25, 0.3) is 33.2 Å². The summed E-state index contributed by atoms with van der Waals surface area (Å²) in [6.45, 7) is 0. The highest BCUT2D eigenvalue weighted by atomic mass is 15.3. The van der Waals surface area contributed by atoms with Crippen LogP contribution in [0.15, 0.2) is 140 Å². The van der Waals surface area contributed by atoms with Crippen LogP contribution in [-0.4, -0.2) is 16.5 Å². The van der Waals surface area contributed by atoms with Crippen molar-refractivity contribution in [2.24, 2.45) is 0 Å². The van der Waals surface area contributed by atoms with E-state index in [0.717, 1.165) is 5.70 Å². The maximum Gasteiger partial charge on any atom is 0.106 e. The van der Waals surface area contributed by atoms with Crippen LogP contribution in [0.3, 0.4) is 0 Å². The molecule has 6 aromatic rings. The molecule has 2 unspecified atom stereocenters. The highest BCUT2D eigenvalue weighted by Gasteiger charge is 2.30. The molecular weight excluding hydrogens is 462 g/mol. The second-order valence-electron chi connectivity index (χ2n) is 9.98. The average Bonchev–Trinajstić information content (AvgIpc) is 3.33. The van der Waals surface area contributed by atoms with Crippen molar-refractivity contribution in [2.75, 3.05) is 7.05 Å². The largest absolute Gasteiger partial charge is 0.366 e. The van der Waals surface area contributed by atoms with Gasteiger partial charge < -0.3 is 9.88 Å². The maximum atomic E-state index is 3.83. The van der Waals surface area contributed by atoms with Gasteiger partial charge in [-0.2, -0.15) is 0 Å². The number of rotatable bonds is 4. The van der Waals surface area contributed by atoms with Gasteiger partial charge >= 0.3 is 0 Å². The summed E-state index contributed by atoms with van der Waals surface area (Å²) in [5, 5.41) is 6.39. The zero-order valence-corrected chi connectivity index (χ0v) is 21.3. The molecule has 3 nitrogen and oxygen atoms in total. The zero-order chi connectivity index (χ0) is 25.5. The Balaban J connectivity index is 1.30. The molecule has 0 amide bonds. The van der Waals surface area contributed by atoms with Crippen molar-refractivity contribution in [2.45, 2.75) is 12.2 Å². The molecule has 7 rings (SSSR count). The van der Waals surface area contributed by atoms with E-state index in [1.807, 2.05) is 0 Å². The van der Waals surface area contributed by atoms with Crippen molar-refractivity contribution in [3.8, 4) is 5.69 Å². The highest BCUT2D eigenvalue weighted by molar-refractivity contribution is 6.09. The number of para-hydroxylation sites is 2. The van der Waals surface area contributed by atoms with Crippen molar-refractivity contribution < 1.29 is 0 Å². The van der Waals surface area contributed by atoms with E-state index in [0.29, 0.717) is 0 Å². The molecule has 0 saturated heterocycles. The molecule has 2 atom stereocenters. The summed E-state index contributed by atoms with van der Waals surface area (Å²) in [5.41, 5.74) is 8.52. The predicted molar refractivity (Wildman–Crippen MR) is 158 cm³/mol.